The maximum Gasteiger partial charge on any atom is 0.319 e. The maximum atomic E-state index is 12.8. The van der Waals surface area contributed by atoms with Crippen LogP contribution < -0.4 is 15.4 Å². The van der Waals surface area contributed by atoms with Gasteiger partial charge in [0.25, 0.3) is 0 Å². The molecule has 2 N–H and O–H groups in total. The van der Waals surface area contributed by atoms with Gasteiger partial charge < -0.3 is 15.4 Å². The lowest BCUT2D eigenvalue weighted by Gasteiger charge is -2.28. The summed E-state index contributed by atoms with van der Waals surface area (Å²) in [5, 5.41) is 5.56. The Kier molecular flexibility index (Phi) is 5.37. The van der Waals surface area contributed by atoms with Crippen LogP contribution in [0.3, 0.4) is 0 Å². The summed E-state index contributed by atoms with van der Waals surface area (Å²) in [4.78, 5) is 19.5. The van der Waals surface area contributed by atoms with Crippen molar-refractivity contribution >= 4 is 11.7 Å². The second kappa shape index (κ2) is 7.87. The topological polar surface area (TPSA) is 76.1 Å². The summed E-state index contributed by atoms with van der Waals surface area (Å²) in [7, 11) is 0. The molecule has 0 saturated heterocycles. The first kappa shape index (κ1) is 17.1. The van der Waals surface area contributed by atoms with Gasteiger partial charge in [-0.15, -0.1) is 0 Å². The molecule has 1 aliphatic rings. The number of aromatic nitrogens is 2. The van der Waals surface area contributed by atoms with Gasteiger partial charge in [0.1, 0.15) is 11.9 Å². The summed E-state index contributed by atoms with van der Waals surface area (Å²) in [6, 6.07) is 5.45. The van der Waals surface area contributed by atoms with Gasteiger partial charge in [-0.25, -0.2) is 23.5 Å². The Morgan fingerprint density at radius 3 is 2.28 bits per heavy atom. The third-order valence-electron chi connectivity index (χ3n) is 3.98. The number of nitrogens with one attached hydrogen (secondary N) is 2. The molecule has 132 valence electrons. The Labute approximate surface area is 143 Å². The molecule has 0 spiro atoms. The summed E-state index contributed by atoms with van der Waals surface area (Å²) in [5.74, 6) is -0.859. The van der Waals surface area contributed by atoms with Crippen LogP contribution >= 0.6 is 0 Å². The smallest absolute Gasteiger partial charge is 0.319 e. The Morgan fingerprint density at radius 1 is 1.00 bits per heavy atom. The van der Waals surface area contributed by atoms with Crippen molar-refractivity contribution in [3.63, 3.8) is 0 Å². The number of hydrogen-bond acceptors (Lipinski definition) is 4. The van der Waals surface area contributed by atoms with Gasteiger partial charge in [0, 0.05) is 11.7 Å². The molecule has 0 aliphatic heterocycles. The van der Waals surface area contributed by atoms with Crippen LogP contribution in [0.2, 0.25) is 0 Å². The van der Waals surface area contributed by atoms with Crippen LogP contribution in [0.15, 0.2) is 36.7 Å². The molecule has 0 radical (unpaired) electrons. The number of ether oxygens (including phenoxy) is 1. The first-order valence-corrected chi connectivity index (χ1v) is 8.06. The number of urea groups is 1. The van der Waals surface area contributed by atoms with Crippen LogP contribution in [-0.4, -0.2) is 28.1 Å². The summed E-state index contributed by atoms with van der Waals surface area (Å²) < 4.78 is 31.2. The maximum absolute atomic E-state index is 12.8. The number of benzene rings is 1. The highest BCUT2D eigenvalue weighted by molar-refractivity contribution is 5.89. The lowest BCUT2D eigenvalue weighted by Crippen LogP contribution is -2.41. The summed E-state index contributed by atoms with van der Waals surface area (Å²) in [6.45, 7) is 0. The lowest BCUT2D eigenvalue weighted by atomic mass is 9.93. The average molecular weight is 348 g/mol. The molecule has 1 heterocycles. The predicted molar refractivity (Wildman–Crippen MR) is 87.2 cm³/mol. The quantitative estimate of drug-likeness (QED) is 0.889. The highest BCUT2D eigenvalue weighted by Gasteiger charge is 2.24. The summed E-state index contributed by atoms with van der Waals surface area (Å²) >= 11 is 0. The zero-order valence-corrected chi connectivity index (χ0v) is 13.4. The van der Waals surface area contributed by atoms with Crippen molar-refractivity contribution in [3.05, 3.63) is 48.3 Å². The molecule has 1 aromatic carbocycles. The van der Waals surface area contributed by atoms with Crippen molar-refractivity contribution in [1.29, 1.82) is 0 Å². The normalized spacial score (nSPS) is 19.9. The fraction of sp³-hybridized carbons (Fsp3) is 0.353. The Morgan fingerprint density at radius 2 is 1.64 bits per heavy atom. The van der Waals surface area contributed by atoms with Crippen LogP contribution in [0.25, 0.3) is 0 Å². The van der Waals surface area contributed by atoms with E-state index >= 15 is 0 Å². The minimum absolute atomic E-state index is 0.0365. The Bertz CT molecular complexity index is 702. The number of hydrogen-bond donors (Lipinski definition) is 2. The van der Waals surface area contributed by atoms with E-state index < -0.39 is 5.82 Å². The van der Waals surface area contributed by atoms with Crippen molar-refractivity contribution in [2.75, 3.05) is 5.32 Å². The number of nitrogens with zero attached hydrogens (tertiary/aromatic N) is 2. The van der Waals surface area contributed by atoms with E-state index in [1.165, 1.54) is 24.3 Å². The number of carbonyl (C=O) groups excluding carboxylic acids is 1. The largest absolute Gasteiger partial charge is 0.460 e. The van der Waals surface area contributed by atoms with E-state index in [1.54, 1.807) is 0 Å². The first-order valence-electron chi connectivity index (χ1n) is 8.06. The molecule has 6 nitrogen and oxygen atoms in total. The highest BCUT2D eigenvalue weighted by Crippen LogP contribution is 2.22. The fourth-order valence-electron chi connectivity index (χ4n) is 2.72. The van der Waals surface area contributed by atoms with Gasteiger partial charge in [0.2, 0.25) is 0 Å². The summed E-state index contributed by atoms with van der Waals surface area (Å²) in [5.41, 5.74) is 0.532. The fourth-order valence-corrected chi connectivity index (χ4v) is 2.72. The number of halogens is 2. The van der Waals surface area contributed by atoms with Crippen LogP contribution in [0.5, 0.6) is 6.01 Å². The monoisotopic (exact) mass is 348 g/mol. The van der Waals surface area contributed by atoms with Crippen LogP contribution in [0.1, 0.15) is 25.7 Å². The molecule has 8 heteroatoms. The van der Waals surface area contributed by atoms with Gasteiger partial charge in [0.05, 0.1) is 12.4 Å². The standard InChI is InChI=1S/C17H18F2N4O2/c18-11-1-3-13(4-2-11)22-16(24)23-14-5-7-15(8-6-14)25-17-20-9-12(19)10-21-17/h1-4,9-10,14-15H,5-8H2,(H2,22,23,24). The molecule has 2 aromatic rings. The summed E-state index contributed by atoms with van der Waals surface area (Å²) in [6.07, 6.45) is 5.06. The van der Waals surface area contributed by atoms with Gasteiger partial charge in [0.15, 0.2) is 5.82 Å². The minimum Gasteiger partial charge on any atom is -0.460 e. The average Bonchev–Trinajstić information content (AvgIpc) is 2.61. The molecule has 2 amide bonds. The number of rotatable bonds is 4. The molecule has 0 unspecified atom stereocenters. The van der Waals surface area contributed by atoms with E-state index in [0.717, 1.165) is 38.1 Å². The molecule has 25 heavy (non-hydrogen) atoms. The predicted octanol–water partition coefficient (Wildman–Crippen LogP) is 3.27. The highest BCUT2D eigenvalue weighted by atomic mass is 19.1. The molecular formula is C17H18F2N4O2. The second-order valence-corrected chi connectivity index (χ2v) is 5.88. The molecule has 1 fully saturated rings. The Hall–Kier alpha value is -2.77. The van der Waals surface area contributed by atoms with Gasteiger partial charge >= 0.3 is 12.0 Å². The number of amides is 2. The Balaban J connectivity index is 1.42. The molecule has 3 rings (SSSR count). The second-order valence-electron chi connectivity index (χ2n) is 5.88. The molecule has 0 bridgehead atoms. The van der Waals surface area contributed by atoms with Crippen molar-refractivity contribution in [2.45, 2.75) is 37.8 Å². The van der Waals surface area contributed by atoms with Crippen LogP contribution in [0.4, 0.5) is 19.3 Å². The number of carbonyl (C=O) groups is 1. The van der Waals surface area contributed by atoms with Crippen molar-refractivity contribution in [3.8, 4) is 6.01 Å². The van der Waals surface area contributed by atoms with Crippen LogP contribution in [-0.2, 0) is 0 Å². The van der Waals surface area contributed by atoms with E-state index in [0.29, 0.717) is 5.69 Å². The van der Waals surface area contributed by atoms with Gasteiger partial charge in [-0.05, 0) is 49.9 Å². The van der Waals surface area contributed by atoms with E-state index in [9.17, 15) is 13.6 Å². The van der Waals surface area contributed by atoms with E-state index in [2.05, 4.69) is 20.6 Å². The van der Waals surface area contributed by atoms with E-state index in [4.69, 9.17) is 4.74 Å². The molecule has 1 aromatic heterocycles. The zero-order valence-electron chi connectivity index (χ0n) is 13.4. The first-order chi connectivity index (χ1) is 12.1. The number of anilines is 1. The SMILES string of the molecule is O=C(Nc1ccc(F)cc1)NC1CCC(Oc2ncc(F)cn2)CC1. The molecule has 1 saturated carbocycles. The third kappa shape index (κ3) is 5.10. The van der Waals surface area contributed by atoms with Gasteiger partial charge in [-0.3, -0.25) is 0 Å². The molecule has 0 atom stereocenters. The third-order valence-corrected chi connectivity index (χ3v) is 3.98. The van der Waals surface area contributed by atoms with Crippen LogP contribution in [0, 0.1) is 11.6 Å². The lowest BCUT2D eigenvalue weighted by molar-refractivity contribution is 0.129. The van der Waals surface area contributed by atoms with E-state index in [1.807, 2.05) is 0 Å². The van der Waals surface area contributed by atoms with Gasteiger partial charge in [-0.2, -0.15) is 0 Å². The molecular weight excluding hydrogens is 330 g/mol. The van der Waals surface area contributed by atoms with Gasteiger partial charge in [-0.1, -0.05) is 0 Å². The minimum atomic E-state index is -0.507. The van der Waals surface area contributed by atoms with Crippen molar-refractivity contribution in [2.24, 2.45) is 0 Å². The van der Waals surface area contributed by atoms with Crippen molar-refractivity contribution < 1.29 is 18.3 Å². The molecule has 1 aliphatic carbocycles. The van der Waals surface area contributed by atoms with E-state index in [-0.39, 0.29) is 30.0 Å². The zero-order chi connectivity index (χ0) is 17.6. The van der Waals surface area contributed by atoms with Crippen molar-refractivity contribution in [1.82, 2.24) is 15.3 Å².